The molecule has 2 aromatic carbocycles. The van der Waals surface area contributed by atoms with Gasteiger partial charge in [-0.25, -0.2) is 14.1 Å². The van der Waals surface area contributed by atoms with Crippen molar-refractivity contribution >= 4 is 46.5 Å². The van der Waals surface area contributed by atoms with Gasteiger partial charge in [-0.05, 0) is 42.0 Å². The summed E-state index contributed by atoms with van der Waals surface area (Å²) >= 11 is 12.4. The number of benzene rings is 2. The van der Waals surface area contributed by atoms with Crippen LogP contribution in [0.1, 0.15) is 24.0 Å². The lowest BCUT2D eigenvalue weighted by Gasteiger charge is -2.39. The zero-order valence-corrected chi connectivity index (χ0v) is 21.4. The fourth-order valence-electron chi connectivity index (χ4n) is 6.11. The Morgan fingerprint density at radius 2 is 2.05 bits per heavy atom. The summed E-state index contributed by atoms with van der Waals surface area (Å²) in [6.45, 7) is 2.26. The highest BCUT2D eigenvalue weighted by Gasteiger charge is 2.69. The van der Waals surface area contributed by atoms with Crippen molar-refractivity contribution in [1.29, 1.82) is 5.41 Å². The minimum Gasteiger partial charge on any atom is -0.478 e. The first-order valence-corrected chi connectivity index (χ1v) is 12.7. The number of carboxylic acid groups (broad SMARTS) is 1. The van der Waals surface area contributed by atoms with Crippen molar-refractivity contribution in [3.05, 3.63) is 98.6 Å². The van der Waals surface area contributed by atoms with Gasteiger partial charge >= 0.3 is 5.97 Å². The number of carboxylic acids is 1. The summed E-state index contributed by atoms with van der Waals surface area (Å²) in [7, 11) is 0. The maximum Gasteiger partial charge on any atom is 0.335 e. The average Bonchev–Trinajstić information content (AvgIpc) is 3.49. The Labute approximate surface area is 226 Å². The van der Waals surface area contributed by atoms with Gasteiger partial charge < -0.3 is 25.9 Å². The Morgan fingerprint density at radius 1 is 1.26 bits per heavy atom. The summed E-state index contributed by atoms with van der Waals surface area (Å²) in [5, 5.41) is 24.3. The minimum atomic E-state index is -1.34. The van der Waals surface area contributed by atoms with Crippen LogP contribution in [0.15, 0.2) is 71.7 Å². The molecule has 4 N–H and O–H groups in total. The molecule has 1 spiro atoms. The molecule has 2 fully saturated rings. The van der Waals surface area contributed by atoms with Crippen LogP contribution in [0, 0.1) is 11.2 Å². The Hall–Kier alpha value is -3.66. The number of likely N-dealkylation sites (tertiary alicyclic amines) is 1. The topological polar surface area (TPSA) is 115 Å². The number of nitrogens with one attached hydrogen (secondary N) is 3. The average molecular weight is 555 g/mol. The van der Waals surface area contributed by atoms with Crippen molar-refractivity contribution in [1.82, 2.24) is 10.2 Å². The van der Waals surface area contributed by atoms with Crippen LogP contribution in [-0.2, 0) is 19.9 Å². The molecule has 4 atom stereocenters. The molecule has 2 aromatic rings. The number of allylic oxidation sites excluding steroid dienone is 3. The van der Waals surface area contributed by atoms with E-state index in [1.54, 1.807) is 30.3 Å². The number of rotatable bonds is 3. The molecule has 0 bridgehead atoms. The number of carbonyl (C=O) groups is 2. The van der Waals surface area contributed by atoms with Gasteiger partial charge in [-0.1, -0.05) is 48.3 Å². The predicted molar refractivity (Wildman–Crippen MR) is 140 cm³/mol. The molecule has 0 saturated carbocycles. The molecule has 194 valence electrons. The fraction of sp³-hybridized carbons (Fsp3) is 0.222. The summed E-state index contributed by atoms with van der Waals surface area (Å²) in [6.07, 6.45) is 3.40. The third-order valence-electron chi connectivity index (χ3n) is 7.57. The smallest absolute Gasteiger partial charge is 0.335 e. The molecular weight excluding hydrogens is 534 g/mol. The third kappa shape index (κ3) is 3.28. The molecule has 3 heterocycles. The quantitative estimate of drug-likeness (QED) is 0.443. The number of nitrogens with zero attached hydrogens (tertiary/aromatic N) is 1. The van der Waals surface area contributed by atoms with Gasteiger partial charge in [0.1, 0.15) is 11.4 Å². The van der Waals surface area contributed by atoms with Crippen LogP contribution in [0.2, 0.25) is 10.0 Å². The van der Waals surface area contributed by atoms with Crippen molar-refractivity contribution in [3.8, 4) is 0 Å². The standard InChI is InChI=1S/C27H21Cl2FN4O4/c1-2-34-24-22(33-23(38-24)14-8-6-12(25(35)36)10-18(14)31)20(15-4-3-5-17(29)21(15)30)27(34)16-9-7-13(28)11-19(16)32-26(27)37/h3-11,20,22,24,31,33H,2H2,1H3,(H,32,37)(H,35,36)/b23-14+,31-18?/t20-,22-,24?,27+/m0/s1. The van der Waals surface area contributed by atoms with Gasteiger partial charge in [0.25, 0.3) is 0 Å². The monoisotopic (exact) mass is 554 g/mol. The van der Waals surface area contributed by atoms with E-state index in [9.17, 15) is 14.7 Å². The SMILES string of the molecule is CCN1C2O/C(=C3\C=CC(C(=O)O)=CC3=N)N[C@H]2[C@H](c2cccc(Cl)c2F)[C@]12C(=O)Nc1cc(Cl)ccc12. The highest BCUT2D eigenvalue weighted by atomic mass is 35.5. The van der Waals surface area contributed by atoms with E-state index in [0.29, 0.717) is 28.4 Å². The first-order valence-electron chi connectivity index (χ1n) is 11.9. The molecule has 1 aliphatic carbocycles. The normalized spacial score (nSPS) is 29.6. The van der Waals surface area contributed by atoms with Crippen molar-refractivity contribution in [2.24, 2.45) is 0 Å². The summed E-state index contributed by atoms with van der Waals surface area (Å²) in [4.78, 5) is 27.2. The van der Waals surface area contributed by atoms with E-state index >= 15 is 4.39 Å². The number of ether oxygens (including phenoxy) is 1. The number of hydrogen-bond donors (Lipinski definition) is 4. The van der Waals surface area contributed by atoms with Crippen molar-refractivity contribution in [2.45, 2.75) is 30.7 Å². The van der Waals surface area contributed by atoms with E-state index in [1.807, 2.05) is 11.8 Å². The molecule has 4 aliphatic rings. The van der Waals surface area contributed by atoms with E-state index in [0.717, 1.165) is 0 Å². The van der Waals surface area contributed by atoms with Crippen LogP contribution >= 0.6 is 23.2 Å². The lowest BCUT2D eigenvalue weighted by Crippen LogP contribution is -2.52. The van der Waals surface area contributed by atoms with E-state index in [-0.39, 0.29) is 33.7 Å². The van der Waals surface area contributed by atoms with Gasteiger partial charge in [-0.3, -0.25) is 4.79 Å². The minimum absolute atomic E-state index is 0.0246. The van der Waals surface area contributed by atoms with Gasteiger partial charge in [0.15, 0.2) is 12.1 Å². The van der Waals surface area contributed by atoms with E-state index in [2.05, 4.69) is 10.6 Å². The number of anilines is 1. The van der Waals surface area contributed by atoms with Crippen LogP contribution in [-0.4, -0.2) is 46.4 Å². The summed E-state index contributed by atoms with van der Waals surface area (Å²) in [6, 6.07) is 9.21. The van der Waals surface area contributed by atoms with Crippen LogP contribution in [0.25, 0.3) is 0 Å². The first-order chi connectivity index (χ1) is 18.2. The van der Waals surface area contributed by atoms with Crippen molar-refractivity contribution in [3.63, 3.8) is 0 Å². The van der Waals surface area contributed by atoms with Crippen molar-refractivity contribution in [2.75, 3.05) is 11.9 Å². The van der Waals surface area contributed by atoms with Crippen LogP contribution in [0.4, 0.5) is 10.1 Å². The molecule has 0 aromatic heterocycles. The number of amides is 1. The predicted octanol–water partition coefficient (Wildman–Crippen LogP) is 4.53. The highest BCUT2D eigenvalue weighted by molar-refractivity contribution is 6.31. The summed E-state index contributed by atoms with van der Waals surface area (Å²) in [5.74, 6) is -2.66. The third-order valence-corrected chi connectivity index (χ3v) is 8.09. The molecule has 8 nitrogen and oxygen atoms in total. The van der Waals surface area contributed by atoms with Crippen LogP contribution in [0.3, 0.4) is 0 Å². The van der Waals surface area contributed by atoms with Gasteiger partial charge in [-0.15, -0.1) is 0 Å². The second kappa shape index (κ2) is 8.69. The lowest BCUT2D eigenvalue weighted by atomic mass is 9.74. The number of hydrogen-bond acceptors (Lipinski definition) is 6. The fourth-order valence-corrected chi connectivity index (χ4v) is 6.46. The van der Waals surface area contributed by atoms with E-state index in [1.165, 1.54) is 24.3 Å². The van der Waals surface area contributed by atoms with Gasteiger partial charge in [0.05, 0.1) is 27.9 Å². The highest BCUT2D eigenvalue weighted by Crippen LogP contribution is 2.59. The summed E-state index contributed by atoms with van der Waals surface area (Å²) < 4.78 is 22.0. The maximum absolute atomic E-state index is 15.7. The Morgan fingerprint density at radius 3 is 2.76 bits per heavy atom. The lowest BCUT2D eigenvalue weighted by molar-refractivity contribution is -0.132. The van der Waals surface area contributed by atoms with Crippen LogP contribution in [0.5, 0.6) is 0 Å². The molecule has 1 unspecified atom stereocenters. The first kappa shape index (κ1) is 24.7. The van der Waals surface area contributed by atoms with Gasteiger partial charge in [0, 0.05) is 28.7 Å². The number of fused-ring (bicyclic) bond motifs is 3. The number of likely N-dealkylation sites (N-methyl/N-ethyl adjacent to an activating group) is 1. The zero-order valence-electron chi connectivity index (χ0n) is 19.9. The molecule has 6 rings (SSSR count). The summed E-state index contributed by atoms with van der Waals surface area (Å²) in [5.41, 5.74) is 0.360. The Bertz CT molecular complexity index is 1540. The van der Waals surface area contributed by atoms with E-state index < -0.39 is 35.5 Å². The molecule has 2 saturated heterocycles. The second-order valence-corrected chi connectivity index (χ2v) is 10.2. The molecule has 0 radical (unpaired) electrons. The molecule has 11 heteroatoms. The largest absolute Gasteiger partial charge is 0.478 e. The zero-order chi connectivity index (χ0) is 26.9. The van der Waals surface area contributed by atoms with E-state index in [4.69, 9.17) is 33.3 Å². The van der Waals surface area contributed by atoms with Gasteiger partial charge in [-0.2, -0.15) is 0 Å². The van der Waals surface area contributed by atoms with Crippen molar-refractivity contribution < 1.29 is 23.8 Å². The Kier molecular flexibility index (Phi) is 5.64. The molecule has 38 heavy (non-hydrogen) atoms. The number of carbonyl (C=O) groups excluding carboxylic acids is 1. The van der Waals surface area contributed by atoms with Crippen LogP contribution < -0.4 is 10.6 Å². The molecular formula is C27H21Cl2FN4O4. The molecule has 3 aliphatic heterocycles. The number of halogens is 3. The number of aliphatic carboxylic acids is 1. The second-order valence-electron chi connectivity index (χ2n) is 9.39. The maximum atomic E-state index is 15.7. The molecule has 1 amide bonds. The Balaban J connectivity index is 1.54. The van der Waals surface area contributed by atoms with Gasteiger partial charge in [0.2, 0.25) is 5.91 Å².